The Bertz CT molecular complexity index is 560. The molecule has 0 aliphatic rings. The van der Waals surface area contributed by atoms with E-state index < -0.39 is 10.0 Å². The summed E-state index contributed by atoms with van der Waals surface area (Å²) in [4.78, 5) is 11.9. The fourth-order valence-electron chi connectivity index (χ4n) is 1.37. The summed E-state index contributed by atoms with van der Waals surface area (Å²) in [6.45, 7) is 0.287. The molecule has 2 N–H and O–H groups in total. The molecule has 0 radical (unpaired) electrons. The zero-order valence-corrected chi connectivity index (χ0v) is 12.1. The van der Waals surface area contributed by atoms with Gasteiger partial charge < -0.3 is 10.1 Å². The summed E-state index contributed by atoms with van der Waals surface area (Å²) in [5, 5.41) is 2.99. The van der Waals surface area contributed by atoms with E-state index in [1.165, 1.54) is 13.2 Å². The maximum absolute atomic E-state index is 11.9. The lowest BCUT2D eigenvalue weighted by atomic mass is 10.2. The van der Waals surface area contributed by atoms with Crippen molar-refractivity contribution in [2.75, 3.05) is 26.5 Å². The summed E-state index contributed by atoms with van der Waals surface area (Å²) in [7, 11) is -1.80. The largest absolute Gasteiger partial charge is 0.496 e. The predicted octanol–water partition coefficient (Wildman–Crippen LogP) is 0.628. The number of halogens is 1. The Labute approximate surface area is 117 Å². The van der Waals surface area contributed by atoms with Gasteiger partial charge in [0.05, 0.1) is 18.9 Å². The number of sulfonamides is 1. The maximum atomic E-state index is 11.9. The van der Waals surface area contributed by atoms with Crippen LogP contribution in [0.3, 0.4) is 0 Å². The molecule has 0 aliphatic heterocycles. The average molecular weight is 307 g/mol. The third-order valence-electron chi connectivity index (χ3n) is 2.18. The Morgan fingerprint density at radius 2 is 2.05 bits per heavy atom. The zero-order chi connectivity index (χ0) is 14.5. The smallest absolute Gasteiger partial charge is 0.255 e. The van der Waals surface area contributed by atoms with E-state index in [4.69, 9.17) is 16.3 Å². The van der Waals surface area contributed by atoms with Crippen LogP contribution in [0.1, 0.15) is 10.4 Å². The Balaban J connectivity index is 2.61. The molecule has 0 unspecified atom stereocenters. The molecular weight excluding hydrogens is 292 g/mol. The highest BCUT2D eigenvalue weighted by atomic mass is 35.5. The Morgan fingerprint density at radius 3 is 2.63 bits per heavy atom. The molecule has 1 amide bonds. The van der Waals surface area contributed by atoms with Gasteiger partial charge in [-0.05, 0) is 18.2 Å². The van der Waals surface area contributed by atoms with Crippen LogP contribution in [0.4, 0.5) is 0 Å². The quantitative estimate of drug-likeness (QED) is 0.755. The lowest BCUT2D eigenvalue weighted by Crippen LogP contribution is -2.34. The van der Waals surface area contributed by atoms with Gasteiger partial charge >= 0.3 is 0 Å². The standard InChI is InChI=1S/C11H15ClN2O4S/c1-18-10-4-3-8(12)7-9(10)11(15)13-5-6-14-19(2,16)17/h3-4,7,14H,5-6H2,1-2H3,(H,13,15). The molecule has 106 valence electrons. The van der Waals surface area contributed by atoms with Gasteiger partial charge in [0.25, 0.3) is 5.91 Å². The summed E-state index contributed by atoms with van der Waals surface area (Å²) in [6, 6.07) is 4.69. The Morgan fingerprint density at radius 1 is 1.37 bits per heavy atom. The van der Waals surface area contributed by atoms with E-state index in [2.05, 4.69) is 10.0 Å². The van der Waals surface area contributed by atoms with Crippen LogP contribution in [0, 0.1) is 0 Å². The first-order valence-corrected chi connectivity index (χ1v) is 7.67. The van der Waals surface area contributed by atoms with Gasteiger partial charge in [-0.3, -0.25) is 4.79 Å². The summed E-state index contributed by atoms with van der Waals surface area (Å²) >= 11 is 5.81. The van der Waals surface area contributed by atoms with Crippen LogP contribution in [0.2, 0.25) is 5.02 Å². The van der Waals surface area contributed by atoms with E-state index in [1.807, 2.05) is 0 Å². The summed E-state index contributed by atoms with van der Waals surface area (Å²) in [5.41, 5.74) is 0.300. The molecule has 1 rings (SSSR count). The average Bonchev–Trinajstić information content (AvgIpc) is 2.33. The number of ether oxygens (including phenoxy) is 1. The molecule has 0 spiro atoms. The minimum atomic E-state index is -3.25. The van der Waals surface area contributed by atoms with Crippen molar-refractivity contribution < 1.29 is 17.9 Å². The second kappa shape index (κ2) is 6.74. The van der Waals surface area contributed by atoms with Crippen molar-refractivity contribution in [1.29, 1.82) is 0 Å². The first kappa shape index (κ1) is 15.7. The molecule has 0 fully saturated rings. The number of carbonyl (C=O) groups is 1. The molecule has 0 saturated carbocycles. The number of benzene rings is 1. The maximum Gasteiger partial charge on any atom is 0.255 e. The first-order chi connectivity index (χ1) is 8.83. The van der Waals surface area contributed by atoms with E-state index in [1.54, 1.807) is 12.1 Å². The van der Waals surface area contributed by atoms with Crippen LogP contribution >= 0.6 is 11.6 Å². The van der Waals surface area contributed by atoms with E-state index in [-0.39, 0.29) is 19.0 Å². The van der Waals surface area contributed by atoms with Crippen molar-refractivity contribution in [1.82, 2.24) is 10.0 Å². The van der Waals surface area contributed by atoms with Crippen molar-refractivity contribution in [3.63, 3.8) is 0 Å². The van der Waals surface area contributed by atoms with Gasteiger partial charge in [-0.15, -0.1) is 0 Å². The molecule has 8 heteroatoms. The summed E-state index contributed by atoms with van der Waals surface area (Å²) < 4.78 is 29.0. The van der Waals surface area contributed by atoms with E-state index in [0.29, 0.717) is 16.3 Å². The van der Waals surface area contributed by atoms with Crippen molar-refractivity contribution in [2.45, 2.75) is 0 Å². The van der Waals surface area contributed by atoms with Crippen molar-refractivity contribution in [3.8, 4) is 5.75 Å². The monoisotopic (exact) mass is 306 g/mol. The van der Waals surface area contributed by atoms with Gasteiger partial charge in [0, 0.05) is 18.1 Å². The molecule has 19 heavy (non-hydrogen) atoms. The van der Waals surface area contributed by atoms with E-state index >= 15 is 0 Å². The van der Waals surface area contributed by atoms with Gasteiger partial charge in [-0.2, -0.15) is 0 Å². The van der Waals surface area contributed by atoms with Crippen LogP contribution in [0.25, 0.3) is 0 Å². The molecule has 6 nitrogen and oxygen atoms in total. The van der Waals surface area contributed by atoms with Gasteiger partial charge in [-0.1, -0.05) is 11.6 Å². The Hall–Kier alpha value is -1.31. The third kappa shape index (κ3) is 5.46. The normalized spacial score (nSPS) is 11.1. The van der Waals surface area contributed by atoms with Crippen molar-refractivity contribution >= 4 is 27.5 Å². The Kier molecular flexibility index (Phi) is 5.59. The van der Waals surface area contributed by atoms with Crippen LogP contribution in [0.5, 0.6) is 5.75 Å². The van der Waals surface area contributed by atoms with Crippen LogP contribution < -0.4 is 14.8 Å². The SMILES string of the molecule is COc1ccc(Cl)cc1C(=O)NCCNS(C)(=O)=O. The van der Waals surface area contributed by atoms with Crippen molar-refractivity contribution in [2.24, 2.45) is 0 Å². The molecule has 0 heterocycles. The summed E-state index contributed by atoms with van der Waals surface area (Å²) in [5.74, 6) is 0.0209. The van der Waals surface area contributed by atoms with Gasteiger partial charge in [0.1, 0.15) is 5.75 Å². The number of nitrogens with one attached hydrogen (secondary N) is 2. The van der Waals surface area contributed by atoms with Gasteiger partial charge in [-0.25, -0.2) is 13.1 Å². The fourth-order valence-corrected chi connectivity index (χ4v) is 2.01. The van der Waals surface area contributed by atoms with Crippen LogP contribution in [-0.4, -0.2) is 40.8 Å². The lowest BCUT2D eigenvalue weighted by molar-refractivity contribution is 0.0951. The van der Waals surface area contributed by atoms with Gasteiger partial charge in [0.15, 0.2) is 0 Å². The van der Waals surface area contributed by atoms with Crippen LogP contribution in [0.15, 0.2) is 18.2 Å². The number of hydrogen-bond acceptors (Lipinski definition) is 4. The second-order valence-corrected chi connectivity index (χ2v) is 6.04. The number of methoxy groups -OCH3 is 1. The lowest BCUT2D eigenvalue weighted by Gasteiger charge is -2.09. The minimum absolute atomic E-state index is 0.119. The van der Waals surface area contributed by atoms with Gasteiger partial charge in [0.2, 0.25) is 10.0 Å². The molecule has 0 saturated heterocycles. The molecule has 0 bridgehead atoms. The van der Waals surface area contributed by atoms with E-state index in [9.17, 15) is 13.2 Å². The third-order valence-corrected chi connectivity index (χ3v) is 3.14. The highest BCUT2D eigenvalue weighted by Crippen LogP contribution is 2.22. The predicted molar refractivity (Wildman–Crippen MR) is 73.2 cm³/mol. The summed E-state index contributed by atoms with van der Waals surface area (Å²) in [6.07, 6.45) is 1.05. The molecule has 1 aromatic carbocycles. The zero-order valence-electron chi connectivity index (χ0n) is 10.6. The van der Waals surface area contributed by atoms with E-state index in [0.717, 1.165) is 6.26 Å². The second-order valence-electron chi connectivity index (χ2n) is 3.77. The highest BCUT2D eigenvalue weighted by Gasteiger charge is 2.12. The molecule has 1 aromatic rings. The number of amides is 1. The number of hydrogen-bond donors (Lipinski definition) is 2. The van der Waals surface area contributed by atoms with Crippen LogP contribution in [-0.2, 0) is 10.0 Å². The number of carbonyl (C=O) groups excluding carboxylic acids is 1. The topological polar surface area (TPSA) is 84.5 Å². The van der Waals surface area contributed by atoms with Crippen molar-refractivity contribution in [3.05, 3.63) is 28.8 Å². The molecule has 0 aliphatic carbocycles. The molecule has 0 atom stereocenters. The highest BCUT2D eigenvalue weighted by molar-refractivity contribution is 7.88. The molecule has 0 aromatic heterocycles. The number of rotatable bonds is 6. The fraction of sp³-hybridized carbons (Fsp3) is 0.364. The first-order valence-electron chi connectivity index (χ1n) is 5.40. The molecular formula is C11H15ClN2O4S. The minimum Gasteiger partial charge on any atom is -0.496 e.